The van der Waals surface area contributed by atoms with Gasteiger partial charge in [-0.15, -0.1) is 0 Å². The number of aryl methyl sites for hydroxylation is 1. The molecule has 0 saturated heterocycles. The Bertz CT molecular complexity index is 1070. The fraction of sp³-hybridized carbons (Fsp3) is 0.250. The predicted molar refractivity (Wildman–Crippen MR) is 103 cm³/mol. The Morgan fingerprint density at radius 2 is 1.71 bits per heavy atom. The minimum atomic E-state index is -1.04. The Morgan fingerprint density at radius 1 is 1.07 bits per heavy atom. The van der Waals surface area contributed by atoms with Gasteiger partial charge in [-0.25, -0.2) is 9.59 Å². The van der Waals surface area contributed by atoms with Gasteiger partial charge in [-0.05, 0) is 29.8 Å². The number of imidazole rings is 1. The zero-order chi connectivity index (χ0) is 20.3. The number of amides is 1. The molecule has 1 amide bonds. The van der Waals surface area contributed by atoms with Gasteiger partial charge in [0.15, 0.2) is 6.61 Å². The number of benzene rings is 2. The van der Waals surface area contributed by atoms with Gasteiger partial charge >= 0.3 is 11.7 Å². The summed E-state index contributed by atoms with van der Waals surface area (Å²) in [4.78, 5) is 37.1. The van der Waals surface area contributed by atoms with Crippen molar-refractivity contribution in [2.75, 3.05) is 13.7 Å². The van der Waals surface area contributed by atoms with Gasteiger partial charge in [0.05, 0.1) is 11.0 Å². The van der Waals surface area contributed by atoms with E-state index in [1.807, 2.05) is 24.3 Å². The lowest BCUT2D eigenvalue weighted by Gasteiger charge is -2.18. The second kappa shape index (κ2) is 7.99. The van der Waals surface area contributed by atoms with E-state index in [4.69, 9.17) is 9.84 Å². The minimum absolute atomic E-state index is 0.0451. The lowest BCUT2D eigenvalue weighted by molar-refractivity contribution is -0.139. The SMILES string of the molecule is CN(Cc1ccc(OCC(=O)O)cc1)C(=O)Cn1c(=O)n(C)c2ccccc21. The van der Waals surface area contributed by atoms with Crippen LogP contribution in [0.15, 0.2) is 53.3 Å². The molecule has 1 aromatic heterocycles. The van der Waals surface area contributed by atoms with E-state index < -0.39 is 12.6 Å². The third-order valence-electron chi connectivity index (χ3n) is 4.48. The molecular weight excluding hydrogens is 362 g/mol. The first-order valence-corrected chi connectivity index (χ1v) is 8.68. The van der Waals surface area contributed by atoms with Gasteiger partial charge in [-0.1, -0.05) is 24.3 Å². The van der Waals surface area contributed by atoms with Crippen molar-refractivity contribution in [3.05, 3.63) is 64.6 Å². The Hall–Kier alpha value is -3.55. The lowest BCUT2D eigenvalue weighted by atomic mass is 10.2. The molecule has 0 bridgehead atoms. The molecule has 0 saturated carbocycles. The highest BCUT2D eigenvalue weighted by Crippen LogP contribution is 2.15. The zero-order valence-corrected chi connectivity index (χ0v) is 15.7. The summed E-state index contributed by atoms with van der Waals surface area (Å²) < 4.78 is 8.09. The van der Waals surface area contributed by atoms with Crippen LogP contribution < -0.4 is 10.4 Å². The standard InChI is InChI=1S/C20H21N3O5/c1-21(11-14-7-9-15(10-8-14)28-13-19(25)26)18(24)12-23-17-6-4-3-5-16(17)22(2)20(23)27/h3-10H,11-13H2,1-2H3,(H,25,26). The van der Waals surface area contributed by atoms with Gasteiger partial charge in [-0.3, -0.25) is 13.9 Å². The molecule has 8 nitrogen and oxygen atoms in total. The smallest absolute Gasteiger partial charge is 0.341 e. The summed E-state index contributed by atoms with van der Waals surface area (Å²) >= 11 is 0. The van der Waals surface area contributed by atoms with Crippen molar-refractivity contribution >= 4 is 22.9 Å². The number of carbonyl (C=O) groups excluding carboxylic acids is 1. The third-order valence-corrected chi connectivity index (χ3v) is 4.48. The number of ether oxygens (including phenoxy) is 1. The molecule has 0 radical (unpaired) electrons. The van der Waals surface area contributed by atoms with E-state index in [-0.39, 0.29) is 18.1 Å². The Kier molecular flexibility index (Phi) is 5.49. The number of fused-ring (bicyclic) bond motifs is 1. The zero-order valence-electron chi connectivity index (χ0n) is 15.7. The van der Waals surface area contributed by atoms with Crippen molar-refractivity contribution < 1.29 is 19.4 Å². The average Bonchev–Trinajstić information content (AvgIpc) is 2.92. The monoisotopic (exact) mass is 383 g/mol. The molecule has 0 aliphatic carbocycles. The highest BCUT2D eigenvalue weighted by Gasteiger charge is 2.16. The number of para-hydroxylation sites is 2. The van der Waals surface area contributed by atoms with Crippen LogP contribution in [0.25, 0.3) is 11.0 Å². The topological polar surface area (TPSA) is 93.8 Å². The molecule has 0 aliphatic rings. The minimum Gasteiger partial charge on any atom is -0.482 e. The highest BCUT2D eigenvalue weighted by atomic mass is 16.5. The van der Waals surface area contributed by atoms with Crippen LogP contribution in [0.5, 0.6) is 5.75 Å². The third kappa shape index (κ3) is 4.06. The van der Waals surface area contributed by atoms with Crippen molar-refractivity contribution in [2.24, 2.45) is 7.05 Å². The van der Waals surface area contributed by atoms with E-state index in [1.165, 1.54) is 9.13 Å². The molecule has 3 rings (SSSR count). The maximum Gasteiger partial charge on any atom is 0.341 e. The van der Waals surface area contributed by atoms with Crippen LogP contribution in [0.1, 0.15) is 5.56 Å². The molecule has 0 aliphatic heterocycles. The van der Waals surface area contributed by atoms with E-state index in [9.17, 15) is 14.4 Å². The Labute approximate surface area is 161 Å². The molecule has 0 unspecified atom stereocenters. The molecule has 0 atom stereocenters. The van der Waals surface area contributed by atoms with Gasteiger partial charge in [0.2, 0.25) is 5.91 Å². The van der Waals surface area contributed by atoms with Crippen LogP contribution in [0.4, 0.5) is 0 Å². The van der Waals surface area contributed by atoms with Gasteiger partial charge in [0.25, 0.3) is 0 Å². The van der Waals surface area contributed by atoms with Crippen molar-refractivity contribution in [2.45, 2.75) is 13.1 Å². The summed E-state index contributed by atoms with van der Waals surface area (Å²) in [6.45, 7) is -0.0917. The van der Waals surface area contributed by atoms with Crippen LogP contribution in [0.2, 0.25) is 0 Å². The molecule has 146 valence electrons. The maximum absolute atomic E-state index is 12.6. The second-order valence-electron chi connectivity index (χ2n) is 6.49. The number of aliphatic carboxylic acids is 1. The molecule has 1 heterocycles. The van der Waals surface area contributed by atoms with Crippen LogP contribution in [0, 0.1) is 0 Å². The summed E-state index contributed by atoms with van der Waals surface area (Å²) in [6, 6.07) is 14.2. The first-order valence-electron chi connectivity index (χ1n) is 8.68. The summed E-state index contributed by atoms with van der Waals surface area (Å²) in [5, 5.41) is 8.62. The fourth-order valence-electron chi connectivity index (χ4n) is 2.97. The van der Waals surface area contributed by atoms with Gasteiger partial charge in [-0.2, -0.15) is 0 Å². The van der Waals surface area contributed by atoms with Crippen LogP contribution in [-0.2, 0) is 29.7 Å². The predicted octanol–water partition coefficient (Wildman–Crippen LogP) is 1.46. The molecule has 0 fully saturated rings. The fourth-order valence-corrected chi connectivity index (χ4v) is 2.97. The molecule has 0 spiro atoms. The molecule has 28 heavy (non-hydrogen) atoms. The normalized spacial score (nSPS) is 10.8. The van der Waals surface area contributed by atoms with Crippen LogP contribution in [0.3, 0.4) is 0 Å². The number of likely N-dealkylation sites (N-methyl/N-ethyl adjacent to an activating group) is 1. The summed E-state index contributed by atoms with van der Waals surface area (Å²) in [5.41, 5.74) is 2.13. The van der Waals surface area contributed by atoms with E-state index in [0.29, 0.717) is 12.3 Å². The first-order chi connectivity index (χ1) is 13.4. The van der Waals surface area contributed by atoms with E-state index in [1.54, 1.807) is 43.3 Å². The Balaban J connectivity index is 1.68. The largest absolute Gasteiger partial charge is 0.482 e. The average molecular weight is 383 g/mol. The van der Waals surface area contributed by atoms with Crippen molar-refractivity contribution in [3.63, 3.8) is 0 Å². The quantitative estimate of drug-likeness (QED) is 0.667. The molecule has 3 aromatic rings. The maximum atomic E-state index is 12.6. The summed E-state index contributed by atoms with van der Waals surface area (Å²) in [6.07, 6.45) is 0. The molecule has 1 N–H and O–H groups in total. The Morgan fingerprint density at radius 3 is 2.36 bits per heavy atom. The number of aromatic nitrogens is 2. The van der Waals surface area contributed by atoms with Gasteiger partial charge in [0.1, 0.15) is 12.3 Å². The van der Waals surface area contributed by atoms with Crippen LogP contribution in [-0.4, -0.2) is 44.7 Å². The number of hydrogen-bond donors (Lipinski definition) is 1. The van der Waals surface area contributed by atoms with Crippen LogP contribution >= 0.6 is 0 Å². The van der Waals surface area contributed by atoms with Crippen molar-refractivity contribution in [3.8, 4) is 5.75 Å². The number of carboxylic acid groups (broad SMARTS) is 1. The highest BCUT2D eigenvalue weighted by molar-refractivity contribution is 5.80. The number of carbonyl (C=O) groups is 2. The summed E-state index contributed by atoms with van der Waals surface area (Å²) in [5.74, 6) is -0.787. The number of nitrogens with zero attached hydrogens (tertiary/aromatic N) is 3. The number of rotatable bonds is 7. The van der Waals surface area contributed by atoms with Gasteiger partial charge < -0.3 is 14.7 Å². The molecule has 8 heteroatoms. The molecular formula is C20H21N3O5. The van der Waals surface area contributed by atoms with E-state index >= 15 is 0 Å². The first kappa shape index (κ1) is 19.2. The summed E-state index contributed by atoms with van der Waals surface area (Å²) in [7, 11) is 3.36. The van der Waals surface area contributed by atoms with Gasteiger partial charge in [0, 0.05) is 20.6 Å². The van der Waals surface area contributed by atoms with Crippen molar-refractivity contribution in [1.82, 2.24) is 14.0 Å². The number of carboxylic acids is 1. The van der Waals surface area contributed by atoms with Crippen molar-refractivity contribution in [1.29, 1.82) is 0 Å². The van der Waals surface area contributed by atoms with E-state index in [2.05, 4.69) is 0 Å². The molecule has 2 aromatic carbocycles. The lowest BCUT2D eigenvalue weighted by Crippen LogP contribution is -2.33. The second-order valence-corrected chi connectivity index (χ2v) is 6.49. The number of hydrogen-bond acceptors (Lipinski definition) is 4. The van der Waals surface area contributed by atoms with E-state index in [0.717, 1.165) is 16.6 Å².